The third-order valence-electron chi connectivity index (χ3n) is 15.1. The van der Waals surface area contributed by atoms with Gasteiger partial charge in [0.15, 0.2) is 30.2 Å². The number of aliphatic hydroxyl groups is 1. The second-order valence-corrected chi connectivity index (χ2v) is 22.7. The fourth-order valence-electron chi connectivity index (χ4n) is 11.0. The first-order valence-electron chi connectivity index (χ1n) is 27.5. The topological polar surface area (TPSA) is 343 Å². The third kappa shape index (κ3) is 14.2. The molecule has 0 spiro atoms. The predicted octanol–water partition coefficient (Wildman–Crippen LogP) is 2.24. The molecule has 1 aromatic heterocycles. The highest BCUT2D eigenvalue weighted by Crippen LogP contribution is 2.53. The Bertz CT molecular complexity index is 3200. The van der Waals surface area contributed by atoms with E-state index in [2.05, 4.69) is 73.5 Å². The maximum atomic E-state index is 14.2. The molecule has 3 aromatic carbocycles. The van der Waals surface area contributed by atoms with Crippen LogP contribution in [0.15, 0.2) is 36.4 Å². The molecule has 458 valence electrons. The molecule has 4 heterocycles. The average Bonchev–Trinajstić information content (AvgIpc) is 1.29. The van der Waals surface area contributed by atoms with Gasteiger partial charge in [0.2, 0.25) is 23.5 Å². The molecule has 0 unspecified atom stereocenters. The number of nitrogens with zero attached hydrogens (tertiary/aromatic N) is 3. The Balaban J connectivity index is 0.691. The smallest absolute Gasteiger partial charge is 0.270 e. The minimum absolute atomic E-state index is 0.0144. The van der Waals surface area contributed by atoms with Gasteiger partial charge in [0.25, 0.3) is 11.8 Å². The number of amides is 5. The number of nitrogens with one attached hydrogen (secondary N) is 5. The zero-order chi connectivity index (χ0) is 60.5. The van der Waals surface area contributed by atoms with Crippen molar-refractivity contribution in [3.63, 3.8) is 0 Å². The van der Waals surface area contributed by atoms with Gasteiger partial charge in [0, 0.05) is 110 Å². The number of halogens is 2. The number of hydrogen-bond donors (Lipinski definition) is 8. The molecule has 8 atom stereocenters. The van der Waals surface area contributed by atoms with Crippen LogP contribution in [0.3, 0.4) is 0 Å². The number of hydrogen-bond acceptors (Lipinski definition) is 22. The van der Waals surface area contributed by atoms with Crippen molar-refractivity contribution < 1.29 is 86.8 Å². The molecule has 0 saturated carbocycles. The molecule has 5 amide bonds. The van der Waals surface area contributed by atoms with Gasteiger partial charge >= 0.3 is 0 Å². The molecule has 5 aliphatic rings. The summed E-state index contributed by atoms with van der Waals surface area (Å²) in [5.41, 5.74) is 3.82. The van der Waals surface area contributed by atoms with Gasteiger partial charge in [0.05, 0.1) is 97.2 Å². The van der Waals surface area contributed by atoms with Crippen LogP contribution < -0.4 is 31.5 Å². The van der Waals surface area contributed by atoms with Gasteiger partial charge in [-0.1, -0.05) is 44.0 Å². The molecule has 0 radical (unpaired) electrons. The van der Waals surface area contributed by atoms with E-state index in [4.69, 9.17) is 37.9 Å². The molecule has 3 fully saturated rings. The monoisotopic (exact) mass is 1330 g/mol. The minimum atomic E-state index is -2.46. The average molecular weight is 1330 g/mol. The van der Waals surface area contributed by atoms with Crippen LogP contribution in [-0.2, 0) is 69.4 Å². The van der Waals surface area contributed by atoms with Gasteiger partial charge in [-0.15, -0.1) is 0 Å². The molecule has 3 aliphatic heterocycles. The number of carbonyl (C=O) groups is 7. The van der Waals surface area contributed by atoms with Crippen molar-refractivity contribution in [2.24, 2.45) is 0 Å². The van der Waals surface area contributed by atoms with Crippen LogP contribution in [0.2, 0.25) is 0 Å². The molecule has 9 rings (SSSR count). The van der Waals surface area contributed by atoms with E-state index < -0.39 is 102 Å². The quantitative estimate of drug-likeness (QED) is 0.0180. The standard InChI is InChI=1S/C56H66Br2N8O18S/c1-28-51-36(66-14-17-81-54(78-3)53(66)84-51)22-42(82-28)83-38-24-56(76,23-31-44(38)50(73)46-45(48(31)71)47(70)30-5-4-6-37(77-2)43(30)49(46)72)55(75)65-64-40(68)10-20-85-27-41(69)60-12-11-59-39(67)9-15-79-18-19-80-16-13-61-52(74)29-7-8-32-33(21-29)63-35(26-58)34(25-57)62-32/h4-8,21,28,36,38,42,51,53-54,71,73,76H,9-20,22-27H2,1-3H3,(H,59,67)(H,60,69)(H,61,74)(H,64,68)(H,65,75)/t28-,36-,38-,42-,51+,53+,54-,56-/m0/s1. The van der Waals surface area contributed by atoms with Gasteiger partial charge < -0.3 is 69.2 Å². The zero-order valence-corrected chi connectivity index (χ0v) is 50.7. The Labute approximate surface area is 509 Å². The van der Waals surface area contributed by atoms with Crippen LogP contribution in [0.5, 0.6) is 17.2 Å². The summed E-state index contributed by atoms with van der Waals surface area (Å²) < 4.78 is 46.9. The lowest BCUT2D eigenvalue weighted by Crippen LogP contribution is -2.57. The number of phenols is 2. The van der Waals surface area contributed by atoms with Gasteiger partial charge in [0.1, 0.15) is 23.4 Å². The molecular formula is C56H66Br2N8O18S. The second-order valence-electron chi connectivity index (χ2n) is 20.5. The number of aromatic nitrogens is 2. The summed E-state index contributed by atoms with van der Waals surface area (Å²) in [5, 5.41) is 45.6. The Kier molecular flexibility index (Phi) is 21.5. The van der Waals surface area contributed by atoms with Gasteiger partial charge in [-0.3, -0.25) is 49.3 Å². The number of carbonyl (C=O) groups excluding carboxylic acids is 7. The summed E-state index contributed by atoms with van der Waals surface area (Å²) >= 11 is 7.99. The number of aromatic hydroxyl groups is 2. The van der Waals surface area contributed by atoms with E-state index in [-0.39, 0.29) is 129 Å². The first kappa shape index (κ1) is 63.5. The number of morpholine rings is 1. The van der Waals surface area contributed by atoms with Crippen LogP contribution in [0.1, 0.15) is 103 Å². The first-order valence-corrected chi connectivity index (χ1v) is 30.9. The maximum Gasteiger partial charge on any atom is 0.270 e. The van der Waals surface area contributed by atoms with Gasteiger partial charge in [-0.25, -0.2) is 9.97 Å². The van der Waals surface area contributed by atoms with E-state index in [9.17, 15) is 48.9 Å². The molecule has 4 aromatic rings. The number of benzene rings is 3. The molecule has 85 heavy (non-hydrogen) atoms. The fraction of sp³-hybridized carbons (Fsp3) is 0.518. The van der Waals surface area contributed by atoms with Crippen molar-refractivity contribution in [3.05, 3.63) is 86.7 Å². The highest BCUT2D eigenvalue weighted by atomic mass is 79.9. The highest BCUT2D eigenvalue weighted by Gasteiger charge is 2.55. The summed E-state index contributed by atoms with van der Waals surface area (Å²) in [4.78, 5) is 104. The first-order chi connectivity index (χ1) is 41.0. The van der Waals surface area contributed by atoms with Gasteiger partial charge in [-0.05, 0) is 31.2 Å². The number of ether oxygens (including phenoxy) is 8. The van der Waals surface area contributed by atoms with E-state index in [1.54, 1.807) is 25.1 Å². The van der Waals surface area contributed by atoms with Crippen LogP contribution in [0.4, 0.5) is 0 Å². The van der Waals surface area contributed by atoms with Crippen molar-refractivity contribution in [3.8, 4) is 17.2 Å². The molecule has 2 aliphatic carbocycles. The SMILES string of the molecule is COc1cccc2c1C(=O)c1c(O)c3c(c(O)c1C2=O)C[C@@](O)(C(=O)NNC(=O)CCSCC(=O)NCCNC(=O)CCOCCOCCNC(=O)c1ccc2nc(CBr)c(CBr)nc2c1)C[C@@H]3O[C@H]1C[C@H]2[C@H](O[C@@H]3[C@@H](OC)OCCN32)[C@H](C)O1. The molecule has 0 bridgehead atoms. The lowest BCUT2D eigenvalue weighted by Gasteiger charge is -2.43. The molecule has 3 saturated heterocycles. The molecular weight excluding hydrogens is 1260 g/mol. The number of alkyl halides is 2. The molecule has 29 heteroatoms. The number of methoxy groups -OCH3 is 2. The Morgan fingerprint density at radius 2 is 1.55 bits per heavy atom. The number of fused-ring (bicyclic) bond motifs is 7. The number of thioether (sulfide) groups is 1. The Morgan fingerprint density at radius 3 is 2.29 bits per heavy atom. The maximum absolute atomic E-state index is 14.2. The lowest BCUT2D eigenvalue weighted by molar-refractivity contribution is -0.256. The predicted molar refractivity (Wildman–Crippen MR) is 309 cm³/mol. The van der Waals surface area contributed by atoms with E-state index >= 15 is 0 Å². The highest BCUT2D eigenvalue weighted by molar-refractivity contribution is 9.09. The van der Waals surface area contributed by atoms with E-state index in [1.807, 2.05) is 0 Å². The summed E-state index contributed by atoms with van der Waals surface area (Å²) in [6.45, 7) is 4.17. The van der Waals surface area contributed by atoms with Crippen molar-refractivity contribution in [1.82, 2.24) is 41.7 Å². The lowest BCUT2D eigenvalue weighted by atomic mass is 9.72. The number of ketones is 2. The summed E-state index contributed by atoms with van der Waals surface area (Å²) in [7, 11) is 2.84. The van der Waals surface area contributed by atoms with Gasteiger partial charge in [-0.2, -0.15) is 11.8 Å². The van der Waals surface area contributed by atoms with Crippen molar-refractivity contribution in [2.75, 3.05) is 84.9 Å². The molecule has 8 N–H and O–H groups in total. The molecule has 26 nitrogen and oxygen atoms in total. The second kappa shape index (κ2) is 28.7. The van der Waals surface area contributed by atoms with Crippen molar-refractivity contribution >= 4 is 95.8 Å². The normalized spacial score (nSPS) is 23.2. The largest absolute Gasteiger partial charge is 0.507 e. The summed E-state index contributed by atoms with van der Waals surface area (Å²) in [6.07, 6.45) is -5.80. The Morgan fingerprint density at radius 1 is 0.824 bits per heavy atom. The zero-order valence-electron chi connectivity index (χ0n) is 46.7. The van der Waals surface area contributed by atoms with Crippen molar-refractivity contribution in [2.45, 2.75) is 98.5 Å². The third-order valence-corrected chi connectivity index (χ3v) is 17.1. The Hall–Kier alpha value is -5.96. The van der Waals surface area contributed by atoms with E-state index in [0.717, 1.165) is 23.1 Å². The van der Waals surface area contributed by atoms with E-state index in [1.165, 1.54) is 32.4 Å². The fourth-order valence-corrected chi connectivity index (χ4v) is 12.6. The summed E-state index contributed by atoms with van der Waals surface area (Å²) in [5.74, 6) is -5.53. The number of hydrazine groups is 1. The van der Waals surface area contributed by atoms with Crippen LogP contribution in [0, 0.1) is 0 Å². The van der Waals surface area contributed by atoms with Crippen LogP contribution >= 0.6 is 43.6 Å². The number of phenolic OH excluding ortho intramolecular Hbond substituents is 2. The summed E-state index contributed by atoms with van der Waals surface area (Å²) in [6, 6.07) is 9.25. The van der Waals surface area contributed by atoms with Crippen LogP contribution in [-0.4, -0.2) is 199 Å². The minimum Gasteiger partial charge on any atom is -0.507 e. The number of rotatable bonds is 25. The van der Waals surface area contributed by atoms with E-state index in [0.29, 0.717) is 40.4 Å². The van der Waals surface area contributed by atoms with Crippen LogP contribution in [0.25, 0.3) is 11.0 Å². The van der Waals surface area contributed by atoms with Crippen molar-refractivity contribution in [1.29, 1.82) is 0 Å².